The van der Waals surface area contributed by atoms with Gasteiger partial charge in [0, 0.05) is 6.61 Å². The Morgan fingerprint density at radius 1 is 0.700 bits per heavy atom. The molecule has 0 saturated heterocycles. The Balaban J connectivity index is 3.25. The molecule has 0 aliphatic carbocycles. The molecule has 0 radical (unpaired) electrons. The third-order valence-corrected chi connectivity index (χ3v) is 6.82. The van der Waals surface area contributed by atoms with Crippen LogP contribution < -0.4 is 0 Å². The van der Waals surface area contributed by atoms with Gasteiger partial charge >= 0.3 is 0 Å². The van der Waals surface area contributed by atoms with E-state index in [1.807, 2.05) is 0 Å². The molecule has 0 heterocycles. The molecule has 1 nitrogen and oxygen atoms in total. The maximum Gasteiger partial charge on any atom is 0.286 e. The standard InChI is InChI=1S/C17H37ClOSi/c1-4-6-8-9-10-11-12-13-14-15-17-20(3,18)19-16-7-5-2/h4-17H2,1-3H3. The van der Waals surface area contributed by atoms with Crippen LogP contribution in [0.4, 0.5) is 0 Å². The molecule has 0 aromatic heterocycles. The summed E-state index contributed by atoms with van der Waals surface area (Å²) in [5, 5.41) is 0. The van der Waals surface area contributed by atoms with Crippen molar-refractivity contribution in [2.75, 3.05) is 6.61 Å². The van der Waals surface area contributed by atoms with Gasteiger partial charge in [-0.25, -0.2) is 0 Å². The van der Waals surface area contributed by atoms with Crippen LogP contribution in [0.5, 0.6) is 0 Å². The van der Waals surface area contributed by atoms with E-state index >= 15 is 0 Å². The van der Waals surface area contributed by atoms with E-state index in [0.717, 1.165) is 19.1 Å². The molecule has 0 bridgehead atoms. The average Bonchev–Trinajstić information content (AvgIpc) is 2.41. The molecule has 1 atom stereocenters. The molecule has 0 aliphatic heterocycles. The summed E-state index contributed by atoms with van der Waals surface area (Å²) < 4.78 is 5.86. The first-order valence-corrected chi connectivity index (χ1v) is 12.6. The lowest BCUT2D eigenvalue weighted by molar-refractivity contribution is 0.306. The molecular formula is C17H37ClOSi. The van der Waals surface area contributed by atoms with Gasteiger partial charge in [0.1, 0.15) is 0 Å². The number of hydrogen-bond donors (Lipinski definition) is 0. The van der Waals surface area contributed by atoms with Crippen molar-refractivity contribution in [3.8, 4) is 0 Å². The highest BCUT2D eigenvalue weighted by atomic mass is 35.6. The minimum atomic E-state index is -1.86. The van der Waals surface area contributed by atoms with Crippen molar-refractivity contribution in [1.29, 1.82) is 0 Å². The molecule has 0 saturated carbocycles. The van der Waals surface area contributed by atoms with Crippen molar-refractivity contribution in [3.05, 3.63) is 0 Å². The Labute approximate surface area is 133 Å². The lowest BCUT2D eigenvalue weighted by Crippen LogP contribution is -2.27. The zero-order valence-corrected chi connectivity index (χ0v) is 15.9. The quantitative estimate of drug-likeness (QED) is 0.179. The van der Waals surface area contributed by atoms with Crippen molar-refractivity contribution in [2.45, 2.75) is 103 Å². The molecule has 0 N–H and O–H groups in total. The van der Waals surface area contributed by atoms with Crippen molar-refractivity contribution >= 4 is 18.7 Å². The summed E-state index contributed by atoms with van der Waals surface area (Å²) in [5.41, 5.74) is 0. The normalized spacial score (nSPS) is 14.4. The van der Waals surface area contributed by atoms with E-state index in [-0.39, 0.29) is 0 Å². The third-order valence-electron chi connectivity index (χ3n) is 3.88. The number of hydrogen-bond acceptors (Lipinski definition) is 1. The molecule has 0 rings (SSSR count). The summed E-state index contributed by atoms with van der Waals surface area (Å²) in [7, 11) is -1.86. The van der Waals surface area contributed by atoms with Gasteiger partial charge in [-0.2, -0.15) is 0 Å². The van der Waals surface area contributed by atoms with E-state index in [1.165, 1.54) is 70.6 Å². The monoisotopic (exact) mass is 320 g/mol. The molecule has 0 amide bonds. The van der Waals surface area contributed by atoms with Gasteiger partial charge in [0.15, 0.2) is 0 Å². The Bertz CT molecular complexity index is 197. The Morgan fingerprint density at radius 2 is 1.15 bits per heavy atom. The second-order valence-corrected chi connectivity index (χ2v) is 11.6. The minimum absolute atomic E-state index is 0.862. The van der Waals surface area contributed by atoms with Gasteiger partial charge in [-0.15, -0.1) is 11.1 Å². The molecule has 0 aromatic carbocycles. The van der Waals surface area contributed by atoms with E-state index in [9.17, 15) is 0 Å². The number of rotatable bonds is 15. The van der Waals surface area contributed by atoms with Crippen LogP contribution in [0.3, 0.4) is 0 Å². The average molecular weight is 321 g/mol. The summed E-state index contributed by atoms with van der Waals surface area (Å²) in [6.45, 7) is 7.48. The van der Waals surface area contributed by atoms with Crippen LogP contribution in [0.15, 0.2) is 0 Å². The maximum absolute atomic E-state index is 6.50. The maximum atomic E-state index is 6.50. The van der Waals surface area contributed by atoms with Crippen molar-refractivity contribution in [1.82, 2.24) is 0 Å². The van der Waals surface area contributed by atoms with Crippen molar-refractivity contribution in [2.24, 2.45) is 0 Å². The topological polar surface area (TPSA) is 9.23 Å². The van der Waals surface area contributed by atoms with Crippen LogP contribution in [-0.4, -0.2) is 14.2 Å². The molecule has 0 aliphatic rings. The highest BCUT2D eigenvalue weighted by Gasteiger charge is 2.24. The smallest absolute Gasteiger partial charge is 0.286 e. The van der Waals surface area contributed by atoms with Crippen LogP contribution >= 0.6 is 11.1 Å². The van der Waals surface area contributed by atoms with Crippen LogP contribution in [0.2, 0.25) is 12.6 Å². The summed E-state index contributed by atoms with van der Waals surface area (Å²) in [5.74, 6) is 0. The van der Waals surface area contributed by atoms with Crippen LogP contribution in [0, 0.1) is 0 Å². The SMILES string of the molecule is CCCCCCCCCCCC[Si](C)(Cl)OCCCC. The zero-order valence-electron chi connectivity index (χ0n) is 14.2. The predicted molar refractivity (Wildman–Crippen MR) is 95.0 cm³/mol. The molecule has 0 aromatic rings. The van der Waals surface area contributed by atoms with E-state index < -0.39 is 7.63 Å². The van der Waals surface area contributed by atoms with Gasteiger partial charge in [-0.3, -0.25) is 0 Å². The number of halogens is 1. The Hall–Kier alpha value is 0.467. The Kier molecular flexibility index (Phi) is 14.7. The van der Waals surface area contributed by atoms with E-state index in [0.29, 0.717) is 0 Å². The minimum Gasteiger partial charge on any atom is -0.403 e. The number of unbranched alkanes of at least 4 members (excludes halogenated alkanes) is 10. The highest BCUT2D eigenvalue weighted by Crippen LogP contribution is 2.21. The van der Waals surface area contributed by atoms with Crippen molar-refractivity contribution in [3.63, 3.8) is 0 Å². The fourth-order valence-electron chi connectivity index (χ4n) is 2.43. The molecule has 3 heteroatoms. The molecular weight excluding hydrogens is 284 g/mol. The molecule has 122 valence electrons. The van der Waals surface area contributed by atoms with Gasteiger partial charge in [0.2, 0.25) is 0 Å². The highest BCUT2D eigenvalue weighted by molar-refractivity contribution is 7.16. The summed E-state index contributed by atoms with van der Waals surface area (Å²) in [6, 6.07) is 1.12. The fraction of sp³-hybridized carbons (Fsp3) is 1.00. The van der Waals surface area contributed by atoms with Gasteiger partial charge in [0.25, 0.3) is 7.63 Å². The zero-order chi connectivity index (χ0) is 15.1. The molecule has 20 heavy (non-hydrogen) atoms. The molecule has 1 unspecified atom stereocenters. The van der Waals surface area contributed by atoms with Gasteiger partial charge in [0.05, 0.1) is 0 Å². The second kappa shape index (κ2) is 14.4. The third kappa shape index (κ3) is 14.9. The first-order valence-electron chi connectivity index (χ1n) is 8.95. The first kappa shape index (κ1) is 20.5. The lowest BCUT2D eigenvalue weighted by atomic mass is 10.1. The molecule has 0 spiro atoms. The Morgan fingerprint density at radius 3 is 1.65 bits per heavy atom. The van der Waals surface area contributed by atoms with Crippen molar-refractivity contribution < 1.29 is 4.43 Å². The largest absolute Gasteiger partial charge is 0.403 e. The lowest BCUT2D eigenvalue weighted by Gasteiger charge is -2.19. The van der Waals surface area contributed by atoms with E-state index in [1.54, 1.807) is 0 Å². The summed E-state index contributed by atoms with van der Waals surface area (Å²) >= 11 is 6.50. The summed E-state index contributed by atoms with van der Waals surface area (Å²) in [4.78, 5) is 0. The van der Waals surface area contributed by atoms with Crippen LogP contribution in [0.1, 0.15) is 90.9 Å². The summed E-state index contributed by atoms with van der Waals surface area (Å²) in [6.07, 6.45) is 16.2. The van der Waals surface area contributed by atoms with Gasteiger partial charge in [-0.1, -0.05) is 84.5 Å². The second-order valence-electron chi connectivity index (χ2n) is 6.24. The molecule has 0 fully saturated rings. The fourth-order valence-corrected chi connectivity index (χ4v) is 4.66. The van der Waals surface area contributed by atoms with Crippen LogP contribution in [0.25, 0.3) is 0 Å². The van der Waals surface area contributed by atoms with Gasteiger partial charge in [-0.05, 0) is 19.0 Å². The first-order chi connectivity index (χ1) is 9.62. The van der Waals surface area contributed by atoms with E-state index in [4.69, 9.17) is 15.5 Å². The van der Waals surface area contributed by atoms with E-state index in [2.05, 4.69) is 20.4 Å². The predicted octanol–water partition coefficient (Wildman–Crippen LogP) is 7.03. The van der Waals surface area contributed by atoms with Crippen LogP contribution in [-0.2, 0) is 4.43 Å². The van der Waals surface area contributed by atoms with Gasteiger partial charge < -0.3 is 4.43 Å².